The molecule has 0 spiro atoms. The van der Waals surface area contributed by atoms with Crippen molar-refractivity contribution in [2.24, 2.45) is 0 Å². The summed E-state index contributed by atoms with van der Waals surface area (Å²) in [5.74, 6) is -5.48. The molecule has 2 N–H and O–H groups in total. The number of rotatable bonds is 6. The van der Waals surface area contributed by atoms with Gasteiger partial charge in [0.2, 0.25) is 0 Å². The molecule has 13 heteroatoms. The van der Waals surface area contributed by atoms with E-state index >= 15 is 0 Å². The van der Waals surface area contributed by atoms with Crippen molar-refractivity contribution in [3.8, 4) is 5.75 Å². The van der Waals surface area contributed by atoms with Crippen LogP contribution in [0.2, 0.25) is 0 Å². The molecule has 0 radical (unpaired) electrons. The number of halogens is 9. The lowest BCUT2D eigenvalue weighted by molar-refractivity contribution is -0.252. The minimum absolute atomic E-state index is 0.0138. The van der Waals surface area contributed by atoms with Crippen LogP contribution in [0.25, 0.3) is 0 Å². The van der Waals surface area contributed by atoms with E-state index in [0.29, 0.717) is 6.07 Å². The summed E-state index contributed by atoms with van der Waals surface area (Å²) in [6, 6.07) is 1.82. The highest BCUT2D eigenvalue weighted by Crippen LogP contribution is 2.41. The van der Waals surface area contributed by atoms with Crippen molar-refractivity contribution in [1.29, 1.82) is 0 Å². The molecule has 1 unspecified atom stereocenters. The molecule has 0 aromatic heterocycles. The Morgan fingerprint density at radius 2 is 1.52 bits per heavy atom. The number of carbonyl (C=O) groups is 1. The summed E-state index contributed by atoms with van der Waals surface area (Å²) >= 11 is 0. The Hall–Kier alpha value is -2.34. The molecule has 1 aromatic rings. The Labute approximate surface area is 146 Å². The Kier molecular flexibility index (Phi) is 6.18. The van der Waals surface area contributed by atoms with Gasteiger partial charge in [0.05, 0.1) is 5.69 Å². The molecule has 1 atom stereocenters. The van der Waals surface area contributed by atoms with Crippen LogP contribution >= 0.6 is 0 Å². The zero-order valence-electron chi connectivity index (χ0n) is 13.6. The molecule has 0 saturated carbocycles. The summed E-state index contributed by atoms with van der Waals surface area (Å²) in [4.78, 5) is 11.7. The van der Waals surface area contributed by atoms with E-state index in [1.165, 1.54) is 0 Å². The quantitative estimate of drug-likeness (QED) is 0.645. The minimum Gasteiger partial charge on any atom is -0.426 e. The first kappa shape index (κ1) is 22.7. The van der Waals surface area contributed by atoms with Crippen LogP contribution in [0.4, 0.5) is 50.0 Å². The van der Waals surface area contributed by atoms with Crippen molar-refractivity contribution < 1.29 is 49.0 Å². The molecule has 0 aliphatic heterocycles. The van der Waals surface area contributed by atoms with E-state index in [2.05, 4.69) is 4.74 Å². The van der Waals surface area contributed by atoms with Crippen LogP contribution in [0.3, 0.4) is 0 Å². The van der Waals surface area contributed by atoms with E-state index in [1.807, 2.05) is 0 Å². The lowest BCUT2D eigenvalue weighted by Crippen LogP contribution is -2.66. The van der Waals surface area contributed by atoms with Gasteiger partial charge in [-0.3, -0.25) is 0 Å². The normalized spacial score (nSPS) is 15.3. The van der Waals surface area contributed by atoms with E-state index in [-0.39, 0.29) is 13.8 Å². The largest absolute Gasteiger partial charge is 0.461 e. The van der Waals surface area contributed by atoms with E-state index in [9.17, 15) is 44.3 Å². The fourth-order valence-electron chi connectivity index (χ4n) is 1.66. The van der Waals surface area contributed by atoms with Gasteiger partial charge in [-0.05, 0) is 19.1 Å². The highest BCUT2D eigenvalue weighted by atomic mass is 19.4. The summed E-state index contributed by atoms with van der Waals surface area (Å²) in [5.41, 5.74) is -4.76. The summed E-state index contributed by atoms with van der Waals surface area (Å²) in [6.45, 7) is -0.0685. The van der Waals surface area contributed by atoms with Gasteiger partial charge in [-0.25, -0.2) is 13.6 Å². The van der Waals surface area contributed by atoms with Crippen LogP contribution in [-0.4, -0.2) is 36.2 Å². The number of urea groups is 1. The van der Waals surface area contributed by atoms with Gasteiger partial charge in [-0.2, -0.15) is 30.7 Å². The highest BCUT2D eigenvalue weighted by Gasteiger charge is 2.65. The second kappa shape index (κ2) is 7.35. The molecule has 1 rings (SSSR count). The Morgan fingerprint density at radius 1 is 1.00 bits per heavy atom. The van der Waals surface area contributed by atoms with Crippen molar-refractivity contribution >= 4 is 11.7 Å². The van der Waals surface area contributed by atoms with Crippen LogP contribution in [0.15, 0.2) is 24.3 Å². The number of hydrogen-bond donors (Lipinski definition) is 2. The number of nitrogens with one attached hydrogen (secondary N) is 2. The van der Waals surface area contributed by atoms with Crippen LogP contribution in [0.1, 0.15) is 13.8 Å². The third-order valence-electron chi connectivity index (χ3n) is 3.44. The van der Waals surface area contributed by atoms with E-state index in [1.54, 1.807) is 5.32 Å². The Morgan fingerprint density at radius 3 is 1.96 bits per heavy atom. The van der Waals surface area contributed by atoms with Gasteiger partial charge in [0.1, 0.15) is 5.75 Å². The van der Waals surface area contributed by atoms with E-state index in [0.717, 1.165) is 23.5 Å². The summed E-state index contributed by atoms with van der Waals surface area (Å²) in [7, 11) is 0. The number of amides is 2. The summed E-state index contributed by atoms with van der Waals surface area (Å²) in [6.07, 6.45) is -14.8. The number of hydrogen-bond acceptors (Lipinski definition) is 2. The molecule has 0 aliphatic rings. The maximum Gasteiger partial charge on any atom is 0.461 e. The molecule has 4 nitrogen and oxygen atoms in total. The predicted molar refractivity (Wildman–Crippen MR) is 75.3 cm³/mol. The molecule has 0 saturated heterocycles. The molecule has 27 heavy (non-hydrogen) atoms. The minimum atomic E-state index is -5.58. The number of alkyl halides is 9. The van der Waals surface area contributed by atoms with E-state index < -0.39 is 47.6 Å². The van der Waals surface area contributed by atoms with Crippen molar-refractivity contribution in [2.45, 2.75) is 44.0 Å². The molecule has 0 fully saturated rings. The van der Waals surface area contributed by atoms with Crippen LogP contribution in [-0.2, 0) is 0 Å². The molecule has 0 heterocycles. The maximum absolute atomic E-state index is 13.4. The number of benzene rings is 1. The fourth-order valence-corrected chi connectivity index (χ4v) is 1.66. The van der Waals surface area contributed by atoms with Crippen molar-refractivity contribution in [2.75, 3.05) is 5.32 Å². The average Bonchev–Trinajstić information content (AvgIpc) is 2.46. The lowest BCUT2D eigenvalue weighted by atomic mass is 9.94. The lowest BCUT2D eigenvalue weighted by Gasteiger charge is -2.37. The monoisotopic (exact) mass is 412 g/mol. The van der Waals surface area contributed by atoms with Crippen LogP contribution in [0.5, 0.6) is 5.75 Å². The number of anilines is 1. The predicted octanol–water partition coefficient (Wildman–Crippen LogP) is 5.02. The zero-order chi connectivity index (χ0) is 21.3. The second-order valence-electron chi connectivity index (χ2n) is 5.55. The van der Waals surface area contributed by atoms with Gasteiger partial charge >= 0.3 is 24.7 Å². The molecule has 154 valence electrons. The van der Waals surface area contributed by atoms with Gasteiger partial charge in [-0.15, -0.1) is 0 Å². The van der Waals surface area contributed by atoms with Crippen LogP contribution in [0, 0.1) is 0 Å². The third kappa shape index (κ3) is 5.10. The van der Waals surface area contributed by atoms with Gasteiger partial charge in [0, 0.05) is 6.92 Å². The van der Waals surface area contributed by atoms with E-state index in [4.69, 9.17) is 0 Å². The van der Waals surface area contributed by atoms with Gasteiger partial charge in [0.25, 0.3) is 5.92 Å². The summed E-state index contributed by atoms with van der Waals surface area (Å²) in [5, 5.41) is 2.60. The fraction of sp³-hybridized carbons (Fsp3) is 0.500. The number of ether oxygens (including phenoxy) is 1. The smallest absolute Gasteiger partial charge is 0.426 e. The topological polar surface area (TPSA) is 50.4 Å². The first-order chi connectivity index (χ1) is 12.0. The third-order valence-corrected chi connectivity index (χ3v) is 3.44. The van der Waals surface area contributed by atoms with Gasteiger partial charge in [0.15, 0.2) is 5.54 Å². The SMILES string of the molecule is CC(F)(F)C(C)(NC(=O)Nc1ccccc1OC(F)(F)C(F)F)C(F)(F)F. The first-order valence-corrected chi connectivity index (χ1v) is 6.99. The molecule has 1 aromatic carbocycles. The number of carbonyl (C=O) groups excluding carboxylic acids is 1. The van der Waals surface area contributed by atoms with Gasteiger partial charge < -0.3 is 15.4 Å². The highest BCUT2D eigenvalue weighted by molar-refractivity contribution is 5.91. The maximum atomic E-state index is 13.4. The molecular weight excluding hydrogens is 399 g/mol. The van der Waals surface area contributed by atoms with Crippen LogP contribution < -0.4 is 15.4 Å². The molecule has 2 amide bonds. The van der Waals surface area contributed by atoms with Crippen molar-refractivity contribution in [3.05, 3.63) is 24.3 Å². The van der Waals surface area contributed by atoms with Crippen molar-refractivity contribution in [3.63, 3.8) is 0 Å². The first-order valence-electron chi connectivity index (χ1n) is 6.99. The molecule has 0 bridgehead atoms. The standard InChI is InChI=1S/C14H13F9N2O2/c1-11(12(2,17)18,14(21,22)23)25-10(26)24-7-5-3-4-6-8(7)27-13(19,20)9(15)16/h3-6,9H,1-2H3,(H2,24,25,26). The molecule has 0 aliphatic carbocycles. The average molecular weight is 412 g/mol. The molecular formula is C14H13F9N2O2. The Bertz CT molecular complexity index is 657. The van der Waals surface area contributed by atoms with Crippen molar-refractivity contribution in [1.82, 2.24) is 5.32 Å². The summed E-state index contributed by atoms with van der Waals surface area (Å²) < 4.78 is 120. The number of para-hydroxylation sites is 2. The van der Waals surface area contributed by atoms with Gasteiger partial charge in [-0.1, -0.05) is 12.1 Å². The zero-order valence-corrected chi connectivity index (χ0v) is 13.6. The second-order valence-corrected chi connectivity index (χ2v) is 5.55. The Balaban J connectivity index is 3.08.